The number of benzene rings is 1. The first kappa shape index (κ1) is 12.4. The average molecular weight is 262 g/mol. The van der Waals surface area contributed by atoms with Gasteiger partial charge in [0.2, 0.25) is 5.78 Å². The summed E-state index contributed by atoms with van der Waals surface area (Å²) in [4.78, 5) is 12.2. The van der Waals surface area contributed by atoms with Crippen molar-refractivity contribution in [3.63, 3.8) is 0 Å². The summed E-state index contributed by atoms with van der Waals surface area (Å²) in [6.45, 7) is 0. The minimum Gasteiger partial charge on any atom is -0.453 e. The summed E-state index contributed by atoms with van der Waals surface area (Å²) in [5, 5.41) is 0.614. The molecule has 1 aliphatic rings. The summed E-state index contributed by atoms with van der Waals surface area (Å²) in [5.74, 6) is -0.137. The van der Waals surface area contributed by atoms with Gasteiger partial charge in [0.25, 0.3) is 0 Å². The summed E-state index contributed by atoms with van der Waals surface area (Å²) < 4.78 is 24.0. The molecular formula is C15H15FO3. The van der Waals surface area contributed by atoms with Crippen LogP contribution in [0.3, 0.4) is 0 Å². The second-order valence-corrected chi connectivity index (χ2v) is 5.13. The highest BCUT2D eigenvalue weighted by atomic mass is 19.1. The second-order valence-electron chi connectivity index (χ2n) is 5.13. The van der Waals surface area contributed by atoms with E-state index in [1.165, 1.54) is 18.2 Å². The van der Waals surface area contributed by atoms with Crippen molar-refractivity contribution >= 4 is 16.8 Å². The first-order valence-electron chi connectivity index (χ1n) is 6.39. The number of Topliss-reactive ketones (excluding diaryl/α,β-unsaturated/α-hetero) is 1. The van der Waals surface area contributed by atoms with Crippen LogP contribution >= 0.6 is 0 Å². The number of carbonyl (C=O) groups excluding carboxylic acids is 1. The number of methoxy groups -OCH3 is 1. The smallest absolute Gasteiger partial charge is 0.200 e. The van der Waals surface area contributed by atoms with Crippen LogP contribution in [0.15, 0.2) is 28.7 Å². The molecule has 3 rings (SSSR count). The number of carbonyl (C=O) groups is 1. The Bertz CT molecular complexity index is 620. The van der Waals surface area contributed by atoms with Gasteiger partial charge in [0.15, 0.2) is 5.76 Å². The fraction of sp³-hybridized carbons (Fsp3) is 0.400. The van der Waals surface area contributed by atoms with E-state index >= 15 is 0 Å². The highest BCUT2D eigenvalue weighted by Gasteiger charge is 2.39. The Kier molecular flexibility index (Phi) is 2.90. The van der Waals surface area contributed by atoms with Crippen molar-refractivity contribution in [2.24, 2.45) is 0 Å². The Hall–Kier alpha value is -1.68. The van der Waals surface area contributed by atoms with Crippen LogP contribution in [-0.2, 0) is 4.74 Å². The number of hydrogen-bond donors (Lipinski definition) is 0. The maximum atomic E-state index is 13.1. The third kappa shape index (κ3) is 2.16. The molecule has 1 fully saturated rings. The molecule has 0 unspecified atom stereocenters. The molecule has 1 heterocycles. The van der Waals surface area contributed by atoms with Crippen LogP contribution in [0.1, 0.15) is 36.2 Å². The van der Waals surface area contributed by atoms with E-state index in [1.807, 2.05) is 0 Å². The molecule has 2 aromatic rings. The largest absolute Gasteiger partial charge is 0.453 e. The number of ether oxygens (including phenoxy) is 1. The molecule has 0 spiro atoms. The van der Waals surface area contributed by atoms with E-state index in [0.717, 1.165) is 19.3 Å². The van der Waals surface area contributed by atoms with E-state index in [0.29, 0.717) is 17.4 Å². The molecule has 0 aliphatic heterocycles. The number of fused-ring (bicyclic) bond motifs is 1. The first-order chi connectivity index (χ1) is 9.12. The van der Waals surface area contributed by atoms with Crippen molar-refractivity contribution < 1.29 is 18.3 Å². The van der Waals surface area contributed by atoms with Crippen LogP contribution in [0.25, 0.3) is 11.0 Å². The molecule has 3 nitrogen and oxygen atoms in total. The molecule has 0 bridgehead atoms. The number of furan rings is 1. The number of hydrogen-bond acceptors (Lipinski definition) is 3. The molecule has 0 N–H and O–H groups in total. The van der Waals surface area contributed by atoms with Crippen LogP contribution in [0, 0.1) is 5.82 Å². The molecule has 100 valence electrons. The van der Waals surface area contributed by atoms with Crippen LogP contribution in [0.5, 0.6) is 0 Å². The Morgan fingerprint density at radius 3 is 2.84 bits per heavy atom. The van der Waals surface area contributed by atoms with Gasteiger partial charge < -0.3 is 9.15 Å². The van der Waals surface area contributed by atoms with Crippen LogP contribution in [0.4, 0.5) is 4.39 Å². The predicted octanol–water partition coefficient (Wildman–Crippen LogP) is 3.71. The van der Waals surface area contributed by atoms with Crippen molar-refractivity contribution in [3.05, 3.63) is 35.8 Å². The molecule has 4 heteroatoms. The molecule has 1 saturated carbocycles. The third-order valence-corrected chi connectivity index (χ3v) is 3.93. The van der Waals surface area contributed by atoms with Crippen molar-refractivity contribution in [3.8, 4) is 0 Å². The van der Waals surface area contributed by atoms with Gasteiger partial charge in [-0.3, -0.25) is 4.79 Å². The highest BCUT2D eigenvalue weighted by Crippen LogP contribution is 2.39. The van der Waals surface area contributed by atoms with Gasteiger partial charge in [-0.25, -0.2) is 4.39 Å². The third-order valence-electron chi connectivity index (χ3n) is 3.93. The molecule has 1 aromatic carbocycles. The van der Waals surface area contributed by atoms with Crippen LogP contribution < -0.4 is 0 Å². The highest BCUT2D eigenvalue weighted by molar-refractivity contribution is 5.98. The molecule has 0 radical (unpaired) electrons. The van der Waals surface area contributed by atoms with Gasteiger partial charge in [-0.2, -0.15) is 0 Å². The lowest BCUT2D eigenvalue weighted by atomic mass is 9.76. The average Bonchev–Trinajstić information content (AvgIpc) is 2.76. The fourth-order valence-corrected chi connectivity index (χ4v) is 2.56. The standard InChI is InChI=1S/C15H15FO3/c1-18-15(5-2-6-15)9-12(17)14-8-10-7-11(16)3-4-13(10)19-14/h3-4,7-8H,2,5-6,9H2,1H3. The molecule has 0 atom stereocenters. The minimum absolute atomic E-state index is 0.0850. The zero-order valence-corrected chi connectivity index (χ0v) is 10.7. The van der Waals surface area contributed by atoms with Crippen LogP contribution in [0.2, 0.25) is 0 Å². The van der Waals surface area contributed by atoms with E-state index in [2.05, 4.69) is 0 Å². The lowest BCUT2D eigenvalue weighted by Gasteiger charge is -2.39. The van der Waals surface area contributed by atoms with E-state index in [9.17, 15) is 9.18 Å². The molecule has 19 heavy (non-hydrogen) atoms. The van der Waals surface area contributed by atoms with Crippen molar-refractivity contribution in [1.82, 2.24) is 0 Å². The minimum atomic E-state index is -0.334. The van der Waals surface area contributed by atoms with E-state index < -0.39 is 0 Å². The monoisotopic (exact) mass is 262 g/mol. The Balaban J connectivity index is 1.85. The molecule has 0 saturated heterocycles. The van der Waals surface area contributed by atoms with E-state index in [1.54, 1.807) is 13.2 Å². The van der Waals surface area contributed by atoms with Gasteiger partial charge in [0.1, 0.15) is 11.4 Å². The van der Waals surface area contributed by atoms with Gasteiger partial charge in [0, 0.05) is 18.9 Å². The summed E-state index contributed by atoms with van der Waals surface area (Å²) in [5.41, 5.74) is 0.214. The number of rotatable bonds is 4. The molecule has 1 aliphatic carbocycles. The zero-order valence-electron chi connectivity index (χ0n) is 10.7. The predicted molar refractivity (Wildman–Crippen MR) is 68.7 cm³/mol. The maximum absolute atomic E-state index is 13.1. The SMILES string of the molecule is COC1(CC(=O)c2cc3cc(F)ccc3o2)CCC1. The normalized spacial score (nSPS) is 17.4. The second kappa shape index (κ2) is 4.46. The number of halogens is 1. The van der Waals surface area contributed by atoms with E-state index in [4.69, 9.17) is 9.15 Å². The van der Waals surface area contributed by atoms with Crippen molar-refractivity contribution in [2.75, 3.05) is 7.11 Å². The lowest BCUT2D eigenvalue weighted by molar-refractivity contribution is -0.0707. The van der Waals surface area contributed by atoms with E-state index in [-0.39, 0.29) is 23.0 Å². The topological polar surface area (TPSA) is 39.4 Å². The molecule has 0 amide bonds. The summed E-state index contributed by atoms with van der Waals surface area (Å²) in [6, 6.07) is 5.83. The van der Waals surface area contributed by atoms with Crippen molar-refractivity contribution in [1.29, 1.82) is 0 Å². The van der Waals surface area contributed by atoms with Gasteiger partial charge in [0.05, 0.1) is 5.60 Å². The lowest BCUT2D eigenvalue weighted by Crippen LogP contribution is -2.41. The Morgan fingerprint density at radius 2 is 2.21 bits per heavy atom. The summed E-state index contributed by atoms with van der Waals surface area (Å²) in [6.07, 6.45) is 3.23. The zero-order chi connectivity index (χ0) is 13.5. The van der Waals surface area contributed by atoms with Gasteiger partial charge in [-0.05, 0) is 43.5 Å². The number of ketones is 1. The Morgan fingerprint density at radius 1 is 1.42 bits per heavy atom. The van der Waals surface area contributed by atoms with Gasteiger partial charge >= 0.3 is 0 Å². The fourth-order valence-electron chi connectivity index (χ4n) is 2.56. The van der Waals surface area contributed by atoms with Gasteiger partial charge in [-0.1, -0.05) is 0 Å². The van der Waals surface area contributed by atoms with Crippen molar-refractivity contribution in [2.45, 2.75) is 31.3 Å². The quantitative estimate of drug-likeness (QED) is 0.788. The Labute approximate surface area is 110 Å². The van der Waals surface area contributed by atoms with Crippen LogP contribution in [-0.4, -0.2) is 18.5 Å². The van der Waals surface area contributed by atoms with Gasteiger partial charge in [-0.15, -0.1) is 0 Å². The summed E-state index contributed by atoms with van der Waals surface area (Å²) in [7, 11) is 1.64. The maximum Gasteiger partial charge on any atom is 0.200 e. The summed E-state index contributed by atoms with van der Waals surface area (Å²) >= 11 is 0. The molecular weight excluding hydrogens is 247 g/mol. The first-order valence-corrected chi connectivity index (χ1v) is 6.39. The molecule has 1 aromatic heterocycles.